The first-order chi connectivity index (χ1) is 10.8. The number of aromatic nitrogens is 1. The third kappa shape index (κ3) is 5.10. The first-order valence-electron chi connectivity index (χ1n) is 7.51. The molecule has 1 amide bonds. The van der Waals surface area contributed by atoms with Gasteiger partial charge in [-0.2, -0.15) is 0 Å². The van der Waals surface area contributed by atoms with Gasteiger partial charge in [0.1, 0.15) is 23.6 Å². The fourth-order valence-electron chi connectivity index (χ4n) is 2.37. The van der Waals surface area contributed by atoms with Crippen molar-refractivity contribution < 1.29 is 19.1 Å². The van der Waals surface area contributed by atoms with Gasteiger partial charge in [-0.3, -0.25) is 0 Å². The average molecular weight is 341 g/mol. The number of halogens is 1. The molecule has 126 valence electrons. The first kappa shape index (κ1) is 17.5. The number of hydrogen-bond acceptors (Lipinski definition) is 5. The molecule has 1 aromatic heterocycles. The zero-order chi connectivity index (χ0) is 17.0. The van der Waals surface area contributed by atoms with Gasteiger partial charge in [0.05, 0.1) is 6.54 Å². The van der Waals surface area contributed by atoms with E-state index in [1.165, 1.54) is 0 Å². The van der Waals surface area contributed by atoms with E-state index >= 15 is 0 Å². The molecule has 0 saturated heterocycles. The lowest BCUT2D eigenvalue weighted by Crippen LogP contribution is -2.34. The molecule has 1 atom stereocenters. The Morgan fingerprint density at radius 1 is 1.48 bits per heavy atom. The van der Waals surface area contributed by atoms with Gasteiger partial charge in [0.2, 0.25) is 5.88 Å². The smallest absolute Gasteiger partial charge is 0.407 e. The molecule has 0 saturated carbocycles. The number of carbonyl (C=O) groups excluding carboxylic acids is 2. The predicted octanol–water partition coefficient (Wildman–Crippen LogP) is 2.55. The molecular weight excluding hydrogens is 320 g/mol. The minimum Gasteiger partial charge on any atom is -0.476 e. The summed E-state index contributed by atoms with van der Waals surface area (Å²) in [4.78, 5) is 26.6. The van der Waals surface area contributed by atoms with E-state index in [0.717, 1.165) is 17.4 Å². The Kier molecular flexibility index (Phi) is 5.46. The number of aldehydes is 1. The summed E-state index contributed by atoms with van der Waals surface area (Å²) in [5.41, 5.74) is 1.38. The Morgan fingerprint density at radius 3 is 2.87 bits per heavy atom. The topological polar surface area (TPSA) is 77.5 Å². The average Bonchev–Trinajstić information content (AvgIpc) is 2.85. The van der Waals surface area contributed by atoms with Gasteiger partial charge < -0.3 is 19.6 Å². The molecule has 6 nitrogen and oxygen atoms in total. The van der Waals surface area contributed by atoms with Crippen molar-refractivity contribution in [1.29, 1.82) is 0 Å². The van der Waals surface area contributed by atoms with Gasteiger partial charge in [-0.15, -0.1) is 0 Å². The third-order valence-corrected chi connectivity index (χ3v) is 3.62. The SMILES string of the molecule is CC(C)(C)OC(=O)NCCOc1cc2c(c(Cl)n1)CC(C=O)C2. The second-order valence-corrected chi connectivity index (χ2v) is 6.83. The van der Waals surface area contributed by atoms with E-state index in [1.807, 2.05) is 0 Å². The van der Waals surface area contributed by atoms with Crippen LogP contribution in [-0.4, -0.2) is 36.1 Å². The summed E-state index contributed by atoms with van der Waals surface area (Å²) in [5, 5.41) is 2.98. The highest BCUT2D eigenvalue weighted by Crippen LogP contribution is 2.32. The highest BCUT2D eigenvalue weighted by Gasteiger charge is 2.25. The molecule has 1 aromatic rings. The Balaban J connectivity index is 1.82. The third-order valence-electron chi connectivity index (χ3n) is 3.30. The van der Waals surface area contributed by atoms with Gasteiger partial charge in [-0.05, 0) is 44.7 Å². The maximum atomic E-state index is 11.5. The lowest BCUT2D eigenvalue weighted by Gasteiger charge is -2.19. The van der Waals surface area contributed by atoms with Crippen LogP contribution in [-0.2, 0) is 22.4 Å². The van der Waals surface area contributed by atoms with Gasteiger partial charge >= 0.3 is 6.09 Å². The summed E-state index contributed by atoms with van der Waals surface area (Å²) in [6.07, 6.45) is 1.75. The molecule has 7 heteroatoms. The number of rotatable bonds is 5. The number of nitrogens with zero attached hydrogens (tertiary/aromatic N) is 1. The molecule has 0 radical (unpaired) electrons. The molecule has 1 unspecified atom stereocenters. The fraction of sp³-hybridized carbons (Fsp3) is 0.562. The monoisotopic (exact) mass is 340 g/mol. The van der Waals surface area contributed by atoms with Crippen molar-refractivity contribution >= 4 is 24.0 Å². The van der Waals surface area contributed by atoms with E-state index in [9.17, 15) is 9.59 Å². The largest absolute Gasteiger partial charge is 0.476 e. The van der Waals surface area contributed by atoms with Crippen molar-refractivity contribution in [3.8, 4) is 5.88 Å². The quantitative estimate of drug-likeness (QED) is 0.506. The number of hydrogen-bond donors (Lipinski definition) is 1. The maximum absolute atomic E-state index is 11.5. The van der Waals surface area contributed by atoms with Gasteiger partial charge in [-0.25, -0.2) is 9.78 Å². The predicted molar refractivity (Wildman–Crippen MR) is 85.9 cm³/mol. The van der Waals surface area contributed by atoms with Gasteiger partial charge in [0.25, 0.3) is 0 Å². The number of nitrogens with one attached hydrogen (secondary N) is 1. The van der Waals surface area contributed by atoms with Crippen LogP contribution in [0.4, 0.5) is 4.79 Å². The highest BCUT2D eigenvalue weighted by molar-refractivity contribution is 6.30. The first-order valence-corrected chi connectivity index (χ1v) is 7.89. The molecule has 1 aliphatic rings. The van der Waals surface area contributed by atoms with Crippen molar-refractivity contribution in [1.82, 2.24) is 10.3 Å². The molecule has 1 heterocycles. The van der Waals surface area contributed by atoms with E-state index in [1.54, 1.807) is 26.8 Å². The van der Waals surface area contributed by atoms with E-state index in [4.69, 9.17) is 21.1 Å². The zero-order valence-electron chi connectivity index (χ0n) is 13.5. The van der Waals surface area contributed by atoms with Gasteiger partial charge in [0, 0.05) is 12.0 Å². The van der Waals surface area contributed by atoms with Gasteiger partial charge in [-0.1, -0.05) is 11.6 Å². The number of fused-ring (bicyclic) bond motifs is 1. The van der Waals surface area contributed by atoms with Crippen molar-refractivity contribution in [2.45, 2.75) is 39.2 Å². The second kappa shape index (κ2) is 7.17. The highest BCUT2D eigenvalue weighted by atomic mass is 35.5. The van der Waals surface area contributed by atoms with E-state index in [-0.39, 0.29) is 12.5 Å². The summed E-state index contributed by atoms with van der Waals surface area (Å²) < 4.78 is 10.6. The van der Waals surface area contributed by atoms with Crippen molar-refractivity contribution in [2.75, 3.05) is 13.2 Å². The molecule has 0 aromatic carbocycles. The fourth-order valence-corrected chi connectivity index (χ4v) is 2.65. The van der Waals surface area contributed by atoms with Crippen LogP contribution in [0.25, 0.3) is 0 Å². The molecule has 0 fully saturated rings. The standard InChI is InChI=1S/C16H21ClN2O4/c1-16(2,3)23-15(21)18-4-5-22-13-8-11-6-10(9-20)7-12(11)14(17)19-13/h8-10H,4-7H2,1-3H3,(H,18,21). The maximum Gasteiger partial charge on any atom is 0.407 e. The molecule has 23 heavy (non-hydrogen) atoms. The number of amides is 1. The normalized spacial score (nSPS) is 16.6. The summed E-state index contributed by atoms with van der Waals surface area (Å²) >= 11 is 6.14. The lowest BCUT2D eigenvalue weighted by molar-refractivity contribution is -0.110. The molecule has 0 spiro atoms. The Bertz CT molecular complexity index is 598. The molecule has 2 rings (SSSR count). The number of alkyl carbamates (subject to hydrolysis) is 1. The van der Waals surface area contributed by atoms with Crippen molar-refractivity contribution in [3.63, 3.8) is 0 Å². The molecule has 1 aliphatic carbocycles. The Labute approximate surface area is 140 Å². The van der Waals surface area contributed by atoms with Crippen LogP contribution in [0.1, 0.15) is 31.9 Å². The molecule has 0 bridgehead atoms. The van der Waals surface area contributed by atoms with Crippen molar-refractivity contribution in [2.24, 2.45) is 5.92 Å². The summed E-state index contributed by atoms with van der Waals surface area (Å²) in [7, 11) is 0. The Morgan fingerprint density at radius 2 is 2.22 bits per heavy atom. The number of carbonyl (C=O) groups is 2. The number of ether oxygens (including phenoxy) is 2. The van der Waals surface area contributed by atoms with Crippen LogP contribution in [0.2, 0.25) is 5.15 Å². The van der Waals surface area contributed by atoms with E-state index in [2.05, 4.69) is 10.3 Å². The summed E-state index contributed by atoms with van der Waals surface area (Å²) in [6.45, 7) is 5.94. The summed E-state index contributed by atoms with van der Waals surface area (Å²) in [5.74, 6) is 0.361. The van der Waals surface area contributed by atoms with E-state index in [0.29, 0.717) is 30.4 Å². The van der Waals surface area contributed by atoms with Crippen molar-refractivity contribution in [3.05, 3.63) is 22.3 Å². The number of pyridine rings is 1. The van der Waals surface area contributed by atoms with Crippen LogP contribution in [0.15, 0.2) is 6.07 Å². The minimum absolute atomic E-state index is 0.0339. The molecular formula is C16H21ClN2O4. The van der Waals surface area contributed by atoms with Crippen LogP contribution < -0.4 is 10.1 Å². The summed E-state index contributed by atoms with van der Waals surface area (Å²) in [6, 6.07) is 1.80. The Hall–Kier alpha value is -1.82. The van der Waals surface area contributed by atoms with Crippen LogP contribution in [0.3, 0.4) is 0 Å². The van der Waals surface area contributed by atoms with E-state index < -0.39 is 11.7 Å². The molecule has 0 aliphatic heterocycles. The zero-order valence-corrected chi connectivity index (χ0v) is 14.3. The minimum atomic E-state index is -0.533. The van der Waals surface area contributed by atoms with Crippen LogP contribution >= 0.6 is 11.6 Å². The van der Waals surface area contributed by atoms with Crippen LogP contribution in [0.5, 0.6) is 5.88 Å². The molecule has 1 N–H and O–H groups in total. The second-order valence-electron chi connectivity index (χ2n) is 6.47. The van der Waals surface area contributed by atoms with Crippen LogP contribution in [0, 0.1) is 5.92 Å². The lowest BCUT2D eigenvalue weighted by atomic mass is 10.1. The van der Waals surface area contributed by atoms with Gasteiger partial charge in [0.15, 0.2) is 0 Å².